The van der Waals surface area contributed by atoms with Crippen LogP contribution in [0.1, 0.15) is 50.4 Å². The highest BCUT2D eigenvalue weighted by Crippen LogP contribution is 2.29. The van der Waals surface area contributed by atoms with Gasteiger partial charge in [-0.2, -0.15) is 4.31 Å². The fourth-order valence-corrected chi connectivity index (χ4v) is 7.59. The van der Waals surface area contributed by atoms with Crippen molar-refractivity contribution in [2.45, 2.75) is 62.5 Å². The van der Waals surface area contributed by atoms with Gasteiger partial charge in [-0.1, -0.05) is 13.0 Å². The number of fused-ring (bicyclic) bond motifs is 1. The average Bonchev–Trinajstić information content (AvgIpc) is 3.60. The minimum Gasteiger partial charge on any atom is -0.490 e. The summed E-state index contributed by atoms with van der Waals surface area (Å²) >= 11 is 1.14. The van der Waals surface area contributed by atoms with Crippen LogP contribution in [0.2, 0.25) is 0 Å². The van der Waals surface area contributed by atoms with Crippen LogP contribution in [0, 0.1) is 11.7 Å². The van der Waals surface area contributed by atoms with Crippen molar-refractivity contribution in [1.29, 1.82) is 0 Å². The summed E-state index contributed by atoms with van der Waals surface area (Å²) in [6, 6.07) is 12.2. The Labute approximate surface area is 279 Å². The summed E-state index contributed by atoms with van der Waals surface area (Å²) in [5.41, 5.74) is 0.897. The molecule has 4 atom stereocenters. The molecule has 2 aromatic carbocycles. The molecule has 256 valence electrons. The highest BCUT2D eigenvalue weighted by molar-refractivity contribution is 7.91. The van der Waals surface area contributed by atoms with Gasteiger partial charge in [0.2, 0.25) is 0 Å². The zero-order valence-corrected chi connectivity index (χ0v) is 28.7. The second kappa shape index (κ2) is 16.5. The topological polar surface area (TPSA) is 138 Å². The van der Waals surface area contributed by atoms with Crippen LogP contribution in [0.3, 0.4) is 0 Å². The molecule has 0 saturated heterocycles. The lowest BCUT2D eigenvalue weighted by Gasteiger charge is -2.35. The van der Waals surface area contributed by atoms with Gasteiger partial charge in [0.1, 0.15) is 15.8 Å². The third-order valence-corrected chi connectivity index (χ3v) is 11.2. The number of hydrogen-bond acceptors (Lipinski definition) is 8. The summed E-state index contributed by atoms with van der Waals surface area (Å²) in [4.78, 5) is 28.6. The van der Waals surface area contributed by atoms with Crippen molar-refractivity contribution < 1.29 is 37.0 Å². The minimum absolute atomic E-state index is 0.0737. The maximum absolute atomic E-state index is 14.3. The van der Waals surface area contributed by atoms with Gasteiger partial charge < -0.3 is 30.1 Å². The summed E-state index contributed by atoms with van der Waals surface area (Å²) in [6.45, 7) is 5.83. The Kier molecular flexibility index (Phi) is 12.7. The predicted molar refractivity (Wildman–Crippen MR) is 180 cm³/mol. The van der Waals surface area contributed by atoms with Crippen LogP contribution in [-0.2, 0) is 14.8 Å². The fourth-order valence-electron chi connectivity index (χ4n) is 5.20. The van der Waals surface area contributed by atoms with E-state index in [9.17, 15) is 27.5 Å². The average molecular weight is 691 g/mol. The van der Waals surface area contributed by atoms with Gasteiger partial charge >= 0.3 is 6.03 Å². The first-order valence-corrected chi connectivity index (χ1v) is 17.9. The molecule has 0 fully saturated rings. The smallest absolute Gasteiger partial charge is 0.323 e. The molecular formula is C33H43FN4O7S2. The van der Waals surface area contributed by atoms with E-state index in [2.05, 4.69) is 10.6 Å². The molecule has 1 aliphatic heterocycles. The minimum atomic E-state index is -3.73. The van der Waals surface area contributed by atoms with Crippen molar-refractivity contribution in [3.05, 3.63) is 71.4 Å². The molecule has 11 nitrogen and oxygen atoms in total. The first-order valence-electron chi connectivity index (χ1n) is 15.6. The number of benzene rings is 2. The number of aliphatic hydroxyl groups excluding tert-OH is 1. The van der Waals surface area contributed by atoms with Crippen LogP contribution in [0.5, 0.6) is 5.75 Å². The molecule has 0 radical (unpaired) electrons. The lowest BCUT2D eigenvalue weighted by atomic mass is 10.0. The Morgan fingerprint density at radius 2 is 1.83 bits per heavy atom. The highest BCUT2D eigenvalue weighted by Gasteiger charge is 2.32. The number of aliphatic hydroxyl groups is 1. The van der Waals surface area contributed by atoms with Crippen molar-refractivity contribution in [2.24, 2.45) is 5.92 Å². The van der Waals surface area contributed by atoms with Gasteiger partial charge in [-0.05, 0) is 87.0 Å². The zero-order valence-electron chi connectivity index (χ0n) is 27.0. The SMILES string of the molecule is C[C@@H]1CCCCO[C@@H](CN(C)S(=O)(=O)c2cccs2)[C@@H](C)CN([C@@H](C)CO)C(=O)c2cc(NC(=O)Nc3ccc(F)cc3)ccc2O1. The first-order chi connectivity index (χ1) is 22.4. The van der Waals surface area contributed by atoms with E-state index >= 15 is 0 Å². The monoisotopic (exact) mass is 690 g/mol. The molecule has 2 heterocycles. The molecule has 47 heavy (non-hydrogen) atoms. The summed E-state index contributed by atoms with van der Waals surface area (Å²) in [6.07, 6.45) is 1.40. The maximum Gasteiger partial charge on any atom is 0.323 e. The lowest BCUT2D eigenvalue weighted by Crippen LogP contribution is -2.48. The van der Waals surface area contributed by atoms with Crippen LogP contribution >= 0.6 is 11.3 Å². The molecule has 1 aromatic heterocycles. The normalized spacial score (nSPS) is 20.5. The number of thiophene rings is 1. The number of ether oxygens (including phenoxy) is 2. The number of amides is 3. The van der Waals surface area contributed by atoms with Gasteiger partial charge in [-0.15, -0.1) is 11.3 Å². The molecule has 0 unspecified atom stereocenters. The van der Waals surface area contributed by atoms with Crippen LogP contribution in [-0.4, -0.2) is 86.3 Å². The zero-order chi connectivity index (χ0) is 34.1. The first kappa shape index (κ1) is 36.3. The molecule has 0 spiro atoms. The number of carbonyl (C=O) groups is 2. The van der Waals surface area contributed by atoms with Gasteiger partial charge in [-0.25, -0.2) is 17.6 Å². The van der Waals surface area contributed by atoms with Crippen LogP contribution in [0.25, 0.3) is 0 Å². The van der Waals surface area contributed by atoms with Crippen molar-refractivity contribution >= 4 is 44.7 Å². The Morgan fingerprint density at radius 3 is 2.51 bits per heavy atom. The Balaban J connectivity index is 1.62. The standard InChI is InChI=1S/C33H43FN4O7S2/c1-22-19-38(23(2)21-39)32(40)28-18-27(36-33(41)35-26-12-10-25(34)11-13-26)14-15-29(28)45-24(3)8-5-6-16-44-30(22)20-37(4)47(42,43)31-9-7-17-46-31/h7,9-15,17-18,22-24,30,39H,5-6,8,16,19-21H2,1-4H3,(H2,35,36,41)/t22-,23-,24+,30-/m0/s1. The summed E-state index contributed by atoms with van der Waals surface area (Å²) in [5, 5.41) is 17.2. The Hall–Kier alpha value is -3.56. The van der Waals surface area contributed by atoms with Crippen molar-refractivity contribution in [3.63, 3.8) is 0 Å². The second-order valence-electron chi connectivity index (χ2n) is 11.8. The second-order valence-corrected chi connectivity index (χ2v) is 15.0. The Morgan fingerprint density at radius 1 is 1.13 bits per heavy atom. The van der Waals surface area contributed by atoms with Crippen molar-refractivity contribution in [3.8, 4) is 5.75 Å². The molecule has 4 rings (SSSR count). The number of sulfonamides is 1. The molecule has 0 saturated carbocycles. The van der Waals surface area contributed by atoms with Gasteiger partial charge in [0.25, 0.3) is 15.9 Å². The predicted octanol–water partition coefficient (Wildman–Crippen LogP) is 5.65. The van der Waals surface area contributed by atoms with Crippen molar-refractivity contribution in [1.82, 2.24) is 9.21 Å². The number of urea groups is 1. The Bertz CT molecular complexity index is 1590. The summed E-state index contributed by atoms with van der Waals surface area (Å²) < 4.78 is 53.8. The van der Waals surface area contributed by atoms with Crippen LogP contribution in [0.4, 0.5) is 20.6 Å². The van der Waals surface area contributed by atoms with Gasteiger partial charge in [0.05, 0.1) is 30.4 Å². The van der Waals surface area contributed by atoms with E-state index < -0.39 is 39.9 Å². The fraction of sp³-hybridized carbons (Fsp3) is 0.455. The van der Waals surface area contributed by atoms with Crippen molar-refractivity contribution in [2.75, 3.05) is 44.0 Å². The molecule has 3 amide bonds. The van der Waals surface area contributed by atoms with E-state index in [0.29, 0.717) is 30.2 Å². The van der Waals surface area contributed by atoms with Crippen LogP contribution < -0.4 is 15.4 Å². The number of rotatable bonds is 8. The van der Waals surface area contributed by atoms with Gasteiger partial charge in [-0.3, -0.25) is 4.79 Å². The summed E-state index contributed by atoms with van der Waals surface area (Å²) in [5.74, 6) is -0.859. The molecule has 0 bridgehead atoms. The van der Waals surface area contributed by atoms with Crippen LogP contribution in [0.15, 0.2) is 64.2 Å². The maximum atomic E-state index is 14.3. The number of nitrogens with one attached hydrogen (secondary N) is 2. The van der Waals surface area contributed by atoms with E-state index in [1.54, 1.807) is 36.6 Å². The number of halogens is 1. The van der Waals surface area contributed by atoms with E-state index in [1.165, 1.54) is 46.6 Å². The molecule has 3 aromatic rings. The number of anilines is 2. The molecule has 0 aliphatic carbocycles. The molecule has 1 aliphatic rings. The number of carbonyl (C=O) groups excluding carboxylic acids is 2. The molecule has 14 heteroatoms. The number of nitrogens with zero attached hydrogens (tertiary/aromatic N) is 2. The third kappa shape index (κ3) is 9.73. The number of hydrogen-bond donors (Lipinski definition) is 3. The summed E-state index contributed by atoms with van der Waals surface area (Å²) in [7, 11) is -2.21. The van der Waals surface area contributed by atoms with E-state index in [-0.39, 0.29) is 41.5 Å². The van der Waals surface area contributed by atoms with E-state index in [4.69, 9.17) is 9.47 Å². The molecular weight excluding hydrogens is 648 g/mol. The number of likely N-dealkylation sites (N-methyl/N-ethyl adjacent to an activating group) is 1. The van der Waals surface area contributed by atoms with E-state index in [0.717, 1.165) is 24.2 Å². The third-order valence-electron chi connectivity index (χ3n) is 8.01. The van der Waals surface area contributed by atoms with Gasteiger partial charge in [0, 0.05) is 44.0 Å². The van der Waals surface area contributed by atoms with E-state index in [1.807, 2.05) is 13.8 Å². The van der Waals surface area contributed by atoms with Gasteiger partial charge in [0.15, 0.2) is 0 Å². The highest BCUT2D eigenvalue weighted by atomic mass is 32.2. The lowest BCUT2D eigenvalue weighted by molar-refractivity contribution is -0.00832. The molecule has 3 N–H and O–H groups in total. The quantitative estimate of drug-likeness (QED) is 0.278. The largest absolute Gasteiger partial charge is 0.490 e.